The van der Waals surface area contributed by atoms with Gasteiger partial charge in [0.25, 0.3) is 0 Å². The Morgan fingerprint density at radius 3 is 2.84 bits per heavy atom. The Balaban J connectivity index is 1.39. The fraction of sp³-hybridized carbons (Fsp3) is 0.227. The Morgan fingerprint density at radius 2 is 2.00 bits per heavy atom. The molecule has 2 aromatic carbocycles. The van der Waals surface area contributed by atoms with Crippen molar-refractivity contribution in [3.63, 3.8) is 0 Å². The van der Waals surface area contributed by atoms with Crippen LogP contribution in [0.1, 0.15) is 23.1 Å². The largest absolute Gasteiger partial charge is 0.508 e. The van der Waals surface area contributed by atoms with E-state index in [0.717, 1.165) is 10.9 Å². The first-order valence-corrected chi connectivity index (χ1v) is 10.7. The Labute approximate surface area is 181 Å². The third-order valence-corrected chi connectivity index (χ3v) is 6.31. The summed E-state index contributed by atoms with van der Waals surface area (Å²) in [5.41, 5.74) is 1.28. The molecule has 2 aromatic heterocycles. The summed E-state index contributed by atoms with van der Waals surface area (Å²) in [4.78, 5) is 12.0. The number of phenolic OH excluding ortho intramolecular Hbond substituents is 1. The lowest BCUT2D eigenvalue weighted by molar-refractivity contribution is 0.0825. The Bertz CT molecular complexity index is 1350. The molecule has 1 aliphatic heterocycles. The molecule has 0 aliphatic carbocycles. The Morgan fingerprint density at radius 1 is 1.19 bits per heavy atom. The molecule has 8 nitrogen and oxygen atoms in total. The van der Waals surface area contributed by atoms with Crippen LogP contribution in [0.15, 0.2) is 56.8 Å². The number of nitrogens with zero attached hydrogens (tertiary/aromatic N) is 3. The van der Waals surface area contributed by atoms with Crippen LogP contribution in [0.25, 0.3) is 11.0 Å². The third-order valence-electron chi connectivity index (χ3n) is 5.24. The quantitative estimate of drug-likeness (QED) is 0.381. The maximum Gasteiger partial charge on any atom is 0.336 e. The molecule has 4 aromatic rings. The zero-order chi connectivity index (χ0) is 21.5. The van der Waals surface area contributed by atoms with Crippen LogP contribution in [0.4, 0.5) is 0 Å². The number of fused-ring (bicyclic) bond motifs is 2. The van der Waals surface area contributed by atoms with E-state index >= 15 is 0 Å². The van der Waals surface area contributed by atoms with Crippen LogP contribution in [0.2, 0.25) is 0 Å². The van der Waals surface area contributed by atoms with Gasteiger partial charge in [-0.1, -0.05) is 23.9 Å². The van der Waals surface area contributed by atoms with E-state index in [0.29, 0.717) is 46.0 Å². The van der Waals surface area contributed by atoms with Gasteiger partial charge < -0.3 is 23.6 Å². The molecule has 0 unspecified atom stereocenters. The maximum atomic E-state index is 12.0. The fourth-order valence-corrected chi connectivity index (χ4v) is 4.47. The van der Waals surface area contributed by atoms with Crippen LogP contribution in [0, 0.1) is 6.92 Å². The van der Waals surface area contributed by atoms with Gasteiger partial charge in [0.1, 0.15) is 17.9 Å². The summed E-state index contributed by atoms with van der Waals surface area (Å²) >= 11 is 1.45. The van der Waals surface area contributed by atoms with Gasteiger partial charge in [-0.05, 0) is 36.8 Å². The van der Waals surface area contributed by atoms with Crippen LogP contribution in [0.5, 0.6) is 17.2 Å². The molecule has 3 heterocycles. The predicted octanol–water partition coefficient (Wildman–Crippen LogP) is 3.74. The van der Waals surface area contributed by atoms with Crippen LogP contribution >= 0.6 is 11.8 Å². The summed E-state index contributed by atoms with van der Waals surface area (Å²) in [6.45, 7) is 2.07. The zero-order valence-corrected chi connectivity index (χ0v) is 17.7. The average Bonchev–Trinajstić information content (AvgIpc) is 3.15. The molecule has 158 valence electrons. The van der Waals surface area contributed by atoms with Gasteiger partial charge >= 0.3 is 5.63 Å². The number of aryl methyl sites for hydroxylation is 1. The second-order valence-corrected chi connectivity index (χ2v) is 8.17. The molecule has 0 fully saturated rings. The molecular weight excluding hydrogens is 418 g/mol. The van der Waals surface area contributed by atoms with Gasteiger partial charge in [-0.25, -0.2) is 4.79 Å². The van der Waals surface area contributed by atoms with Crippen molar-refractivity contribution in [1.82, 2.24) is 14.8 Å². The highest BCUT2D eigenvalue weighted by molar-refractivity contribution is 7.98. The number of rotatable bonds is 4. The molecule has 31 heavy (non-hydrogen) atoms. The van der Waals surface area contributed by atoms with E-state index in [1.54, 1.807) is 19.1 Å². The molecule has 0 radical (unpaired) electrons. The van der Waals surface area contributed by atoms with Crippen molar-refractivity contribution in [3.05, 3.63) is 69.8 Å². The van der Waals surface area contributed by atoms with Gasteiger partial charge in [0.05, 0.1) is 0 Å². The van der Waals surface area contributed by atoms with Crippen molar-refractivity contribution in [3.8, 4) is 17.2 Å². The fourth-order valence-electron chi connectivity index (χ4n) is 3.56. The maximum absolute atomic E-state index is 12.0. The highest BCUT2D eigenvalue weighted by atomic mass is 32.2. The number of aromatic hydroxyl groups is 1. The molecule has 0 saturated heterocycles. The number of phenols is 1. The van der Waals surface area contributed by atoms with Gasteiger partial charge in [0, 0.05) is 29.8 Å². The Hall–Kier alpha value is -3.46. The number of hydrogen-bond acceptors (Lipinski definition) is 8. The lowest BCUT2D eigenvalue weighted by Crippen LogP contribution is -2.24. The lowest BCUT2D eigenvalue weighted by Gasteiger charge is -2.25. The minimum absolute atomic E-state index is 0.0923. The van der Waals surface area contributed by atoms with Crippen LogP contribution in [0.3, 0.4) is 0 Å². The van der Waals surface area contributed by atoms with Crippen molar-refractivity contribution < 1.29 is 19.0 Å². The summed E-state index contributed by atoms with van der Waals surface area (Å²) in [5.74, 6) is 2.64. The molecule has 0 amide bonds. The molecule has 0 spiro atoms. The number of para-hydroxylation sites is 2. The highest BCUT2D eigenvalue weighted by Gasteiger charge is 2.27. The predicted molar refractivity (Wildman–Crippen MR) is 115 cm³/mol. The Kier molecular flexibility index (Phi) is 4.82. The van der Waals surface area contributed by atoms with Crippen LogP contribution < -0.4 is 15.1 Å². The van der Waals surface area contributed by atoms with Gasteiger partial charge in [-0.15, -0.1) is 10.2 Å². The first-order chi connectivity index (χ1) is 15.0. The van der Waals surface area contributed by atoms with Crippen molar-refractivity contribution in [1.29, 1.82) is 0 Å². The second-order valence-electron chi connectivity index (χ2n) is 7.23. The SMILES string of the molecule is Cc1c(O)ccc2c(CSc3nnc([C@@H]4COc5ccccc5O4)n3C)cc(=O)oc12. The van der Waals surface area contributed by atoms with Crippen LogP contribution in [-0.2, 0) is 12.8 Å². The van der Waals surface area contributed by atoms with E-state index in [4.69, 9.17) is 13.9 Å². The summed E-state index contributed by atoms with van der Waals surface area (Å²) in [6, 6.07) is 12.3. The minimum Gasteiger partial charge on any atom is -0.508 e. The molecule has 1 atom stereocenters. The highest BCUT2D eigenvalue weighted by Crippen LogP contribution is 2.36. The van der Waals surface area contributed by atoms with E-state index in [9.17, 15) is 9.90 Å². The standard InChI is InChI=1S/C22H19N3O5S/c1-12-15(26)8-7-14-13(9-19(27)30-20(12)14)11-31-22-24-23-21(25(22)2)18-10-28-16-5-3-4-6-17(16)29-18/h3-9,18,26H,10-11H2,1-2H3/t18-/m0/s1. The minimum atomic E-state index is -0.457. The van der Waals surface area contributed by atoms with Gasteiger partial charge in [0.15, 0.2) is 28.6 Å². The van der Waals surface area contributed by atoms with Gasteiger partial charge in [-0.3, -0.25) is 0 Å². The topological polar surface area (TPSA) is 99.6 Å². The smallest absolute Gasteiger partial charge is 0.336 e. The zero-order valence-electron chi connectivity index (χ0n) is 16.9. The first-order valence-electron chi connectivity index (χ1n) is 9.67. The lowest BCUT2D eigenvalue weighted by atomic mass is 10.1. The number of benzene rings is 2. The number of aromatic nitrogens is 3. The molecule has 1 aliphatic rings. The molecule has 5 rings (SSSR count). The van der Waals surface area contributed by atoms with Gasteiger partial charge in [0.2, 0.25) is 0 Å². The van der Waals surface area contributed by atoms with Crippen molar-refractivity contribution in [2.24, 2.45) is 7.05 Å². The monoisotopic (exact) mass is 437 g/mol. The number of thioether (sulfide) groups is 1. The van der Waals surface area contributed by atoms with E-state index in [1.807, 2.05) is 35.9 Å². The van der Waals surface area contributed by atoms with Crippen molar-refractivity contribution in [2.75, 3.05) is 6.61 Å². The molecule has 9 heteroatoms. The van der Waals surface area contributed by atoms with Crippen LogP contribution in [-0.4, -0.2) is 26.5 Å². The molecular formula is C22H19N3O5S. The second kappa shape index (κ2) is 7.66. The first kappa shape index (κ1) is 19.5. The number of hydrogen-bond donors (Lipinski definition) is 1. The van der Waals surface area contributed by atoms with Crippen molar-refractivity contribution >= 4 is 22.7 Å². The molecule has 0 saturated carbocycles. The number of ether oxygens (including phenoxy) is 2. The summed E-state index contributed by atoms with van der Waals surface area (Å²) in [6.07, 6.45) is -0.364. The summed E-state index contributed by atoms with van der Waals surface area (Å²) in [7, 11) is 1.88. The summed E-state index contributed by atoms with van der Waals surface area (Å²) in [5, 5.41) is 20.0. The normalized spacial score (nSPS) is 15.4. The van der Waals surface area contributed by atoms with E-state index in [2.05, 4.69) is 10.2 Å². The average molecular weight is 437 g/mol. The summed E-state index contributed by atoms with van der Waals surface area (Å²) < 4.78 is 19.0. The van der Waals surface area contributed by atoms with E-state index in [1.165, 1.54) is 17.8 Å². The van der Waals surface area contributed by atoms with E-state index in [-0.39, 0.29) is 11.9 Å². The van der Waals surface area contributed by atoms with Crippen molar-refractivity contribution in [2.45, 2.75) is 23.9 Å². The third kappa shape index (κ3) is 3.50. The van der Waals surface area contributed by atoms with E-state index < -0.39 is 5.63 Å². The molecule has 1 N–H and O–H groups in total. The molecule has 0 bridgehead atoms. The van der Waals surface area contributed by atoms with Gasteiger partial charge in [-0.2, -0.15) is 0 Å².